The standard InChI is InChI=1S/C31H31N5O4S/c1-17-22(5-6-25-30(17)33-34-35(25)2)23(13-29(38)39)20-11-19-9-10-41-31(19)21(12-20)14-36-15-24-26(7-8-28(37)32-24)40-27(16-36)18-3-4-18/h5-12,18,23,27H,3-4,13-16H2,1-2H3,(H,32,37)(H,38,39)/t23-,27-/m0/s1. The Kier molecular flexibility index (Phi) is 6.39. The van der Waals surface area contributed by atoms with E-state index in [-0.39, 0.29) is 24.3 Å². The fourth-order valence-electron chi connectivity index (χ4n) is 6.21. The third-order valence-corrected chi connectivity index (χ3v) is 9.44. The zero-order chi connectivity index (χ0) is 28.2. The first-order valence-corrected chi connectivity index (χ1v) is 14.8. The molecule has 0 unspecified atom stereocenters. The Hall–Kier alpha value is -4.02. The number of pyridine rings is 1. The number of fused-ring (bicyclic) bond motifs is 3. The summed E-state index contributed by atoms with van der Waals surface area (Å²) in [5.41, 5.74) is 6.48. The van der Waals surface area contributed by atoms with Gasteiger partial charge in [-0.1, -0.05) is 17.3 Å². The fraction of sp³-hybridized carbons (Fsp3) is 0.355. The van der Waals surface area contributed by atoms with Crippen LogP contribution in [0.25, 0.3) is 21.1 Å². The number of aromatic hydroxyl groups is 1. The van der Waals surface area contributed by atoms with E-state index in [0.717, 1.165) is 69.5 Å². The molecule has 5 aromatic rings. The predicted molar refractivity (Wildman–Crippen MR) is 156 cm³/mol. The minimum atomic E-state index is -0.847. The van der Waals surface area contributed by atoms with Crippen LogP contribution in [0.15, 0.2) is 47.8 Å². The van der Waals surface area contributed by atoms with Gasteiger partial charge >= 0.3 is 5.97 Å². The van der Waals surface area contributed by atoms with Gasteiger partial charge in [-0.15, -0.1) is 16.4 Å². The summed E-state index contributed by atoms with van der Waals surface area (Å²) in [6.45, 7) is 3.99. The average molecular weight is 570 g/mol. The number of thiophene rings is 1. The van der Waals surface area contributed by atoms with Gasteiger partial charge in [-0.2, -0.15) is 0 Å². The molecule has 0 radical (unpaired) electrons. The van der Waals surface area contributed by atoms with Crippen molar-refractivity contribution in [1.82, 2.24) is 24.9 Å². The molecule has 0 bridgehead atoms. The second kappa shape index (κ2) is 10.1. The largest absolute Gasteiger partial charge is 0.493 e. The van der Waals surface area contributed by atoms with E-state index in [2.05, 4.69) is 43.8 Å². The number of carboxylic acid groups (broad SMARTS) is 1. The van der Waals surface area contributed by atoms with Gasteiger partial charge in [0.05, 0.1) is 11.9 Å². The number of hydrogen-bond acceptors (Lipinski definition) is 8. The molecule has 210 valence electrons. The number of benzene rings is 2. The molecule has 2 atom stereocenters. The molecular formula is C31H31N5O4S. The lowest BCUT2D eigenvalue weighted by Crippen LogP contribution is -2.34. The van der Waals surface area contributed by atoms with E-state index in [4.69, 9.17) is 4.74 Å². The summed E-state index contributed by atoms with van der Waals surface area (Å²) < 4.78 is 9.33. The highest BCUT2D eigenvalue weighted by Gasteiger charge is 2.37. The molecule has 1 aliphatic heterocycles. The molecular weight excluding hydrogens is 538 g/mol. The van der Waals surface area contributed by atoms with Crippen molar-refractivity contribution in [3.63, 3.8) is 0 Å². The maximum atomic E-state index is 12.2. The van der Waals surface area contributed by atoms with Crippen molar-refractivity contribution in [3.8, 4) is 11.6 Å². The molecule has 7 rings (SSSR count). The summed E-state index contributed by atoms with van der Waals surface area (Å²) in [5, 5.41) is 31.8. The van der Waals surface area contributed by atoms with Crippen LogP contribution in [0.5, 0.6) is 11.6 Å². The molecule has 2 aromatic carbocycles. The summed E-state index contributed by atoms with van der Waals surface area (Å²) in [4.78, 5) is 18.9. The number of aryl methyl sites for hydroxylation is 2. The van der Waals surface area contributed by atoms with Crippen molar-refractivity contribution < 1.29 is 19.7 Å². The quantitative estimate of drug-likeness (QED) is 0.269. The van der Waals surface area contributed by atoms with Crippen molar-refractivity contribution >= 4 is 38.4 Å². The molecule has 3 aromatic heterocycles. The number of aliphatic carboxylic acids is 1. The van der Waals surface area contributed by atoms with Crippen LogP contribution >= 0.6 is 11.3 Å². The van der Waals surface area contributed by atoms with Crippen LogP contribution in [0.1, 0.15) is 53.1 Å². The van der Waals surface area contributed by atoms with Crippen LogP contribution in [-0.2, 0) is 24.9 Å². The molecule has 41 heavy (non-hydrogen) atoms. The molecule has 1 saturated carbocycles. The van der Waals surface area contributed by atoms with Gasteiger partial charge in [0.2, 0.25) is 5.88 Å². The van der Waals surface area contributed by atoms with Crippen LogP contribution in [0.3, 0.4) is 0 Å². The van der Waals surface area contributed by atoms with Crippen molar-refractivity contribution in [2.24, 2.45) is 13.0 Å². The molecule has 1 aliphatic carbocycles. The van der Waals surface area contributed by atoms with Crippen LogP contribution in [0.4, 0.5) is 0 Å². The smallest absolute Gasteiger partial charge is 0.304 e. The van der Waals surface area contributed by atoms with Crippen molar-refractivity contribution in [3.05, 3.63) is 75.8 Å². The van der Waals surface area contributed by atoms with Crippen molar-refractivity contribution in [2.45, 2.75) is 51.3 Å². The normalized spacial score (nSPS) is 18.2. The minimum Gasteiger partial charge on any atom is -0.493 e. The zero-order valence-corrected chi connectivity index (χ0v) is 23.8. The predicted octanol–water partition coefficient (Wildman–Crippen LogP) is 5.37. The molecule has 2 N–H and O–H groups in total. The van der Waals surface area contributed by atoms with E-state index in [1.807, 2.05) is 32.2 Å². The van der Waals surface area contributed by atoms with Crippen LogP contribution < -0.4 is 4.74 Å². The van der Waals surface area contributed by atoms with Gasteiger partial charge in [0.1, 0.15) is 23.1 Å². The Morgan fingerprint density at radius 3 is 2.85 bits per heavy atom. The Morgan fingerprint density at radius 1 is 1.20 bits per heavy atom. The first-order chi connectivity index (χ1) is 19.8. The van der Waals surface area contributed by atoms with Gasteiger partial charge in [-0.05, 0) is 83.0 Å². The van der Waals surface area contributed by atoms with Gasteiger partial charge in [0.25, 0.3) is 0 Å². The highest BCUT2D eigenvalue weighted by molar-refractivity contribution is 7.17. The lowest BCUT2D eigenvalue weighted by Gasteiger charge is -2.25. The number of carbonyl (C=O) groups is 1. The number of rotatable bonds is 7. The van der Waals surface area contributed by atoms with Crippen LogP contribution in [-0.4, -0.2) is 53.7 Å². The molecule has 9 nitrogen and oxygen atoms in total. The lowest BCUT2D eigenvalue weighted by molar-refractivity contribution is -0.137. The lowest BCUT2D eigenvalue weighted by atomic mass is 9.84. The third-order valence-electron chi connectivity index (χ3n) is 8.44. The number of nitrogens with zero attached hydrogens (tertiary/aromatic N) is 5. The summed E-state index contributed by atoms with van der Waals surface area (Å²) in [5.74, 6) is 0.0812. The van der Waals surface area contributed by atoms with Gasteiger partial charge < -0.3 is 14.9 Å². The maximum Gasteiger partial charge on any atom is 0.304 e. The van der Waals surface area contributed by atoms with Gasteiger partial charge in [-0.3, -0.25) is 9.69 Å². The summed E-state index contributed by atoms with van der Waals surface area (Å²) in [6.07, 6.45) is 2.37. The van der Waals surface area contributed by atoms with E-state index in [1.165, 1.54) is 4.70 Å². The Bertz CT molecular complexity index is 1790. The topological polar surface area (TPSA) is 114 Å². The maximum absolute atomic E-state index is 12.2. The molecule has 4 heterocycles. The first kappa shape index (κ1) is 25.9. The molecule has 0 spiro atoms. The number of hydrogen-bond donors (Lipinski definition) is 2. The Morgan fingerprint density at radius 2 is 2.05 bits per heavy atom. The zero-order valence-electron chi connectivity index (χ0n) is 22.9. The summed E-state index contributed by atoms with van der Waals surface area (Å²) in [6, 6.07) is 13.8. The third kappa shape index (κ3) is 4.91. The van der Waals surface area contributed by atoms with Crippen molar-refractivity contribution in [2.75, 3.05) is 6.54 Å². The molecule has 0 saturated heterocycles. The average Bonchev–Trinajstić information content (AvgIpc) is 3.60. The van der Waals surface area contributed by atoms with Gasteiger partial charge in [0, 0.05) is 43.4 Å². The number of aromatic nitrogens is 4. The minimum absolute atomic E-state index is 0.00762. The van der Waals surface area contributed by atoms with E-state index in [0.29, 0.717) is 19.0 Å². The second-order valence-electron chi connectivity index (χ2n) is 11.3. The molecule has 0 amide bonds. The number of ether oxygens (including phenoxy) is 1. The molecule has 1 fully saturated rings. The molecule has 2 aliphatic rings. The van der Waals surface area contributed by atoms with Gasteiger partial charge in [-0.25, -0.2) is 9.67 Å². The van der Waals surface area contributed by atoms with Crippen LogP contribution in [0, 0.1) is 12.8 Å². The fourth-order valence-corrected chi connectivity index (χ4v) is 7.10. The monoisotopic (exact) mass is 569 g/mol. The number of carboxylic acids is 1. The van der Waals surface area contributed by atoms with E-state index >= 15 is 0 Å². The summed E-state index contributed by atoms with van der Waals surface area (Å²) >= 11 is 1.70. The highest BCUT2D eigenvalue weighted by Crippen LogP contribution is 2.40. The van der Waals surface area contributed by atoms with E-state index in [9.17, 15) is 15.0 Å². The Labute approximate surface area is 241 Å². The van der Waals surface area contributed by atoms with Crippen LogP contribution in [0.2, 0.25) is 0 Å². The Balaban J connectivity index is 1.29. The highest BCUT2D eigenvalue weighted by atomic mass is 32.1. The molecule has 10 heteroatoms. The first-order valence-electron chi connectivity index (χ1n) is 13.9. The SMILES string of the molecule is Cc1c([C@@H](CC(=O)O)c2cc(CN3Cc4nc(O)ccc4O[C@H](C4CC4)C3)c3sccc3c2)ccc2c1nnn2C. The van der Waals surface area contributed by atoms with E-state index in [1.54, 1.807) is 22.1 Å². The second-order valence-corrected chi connectivity index (χ2v) is 12.2. The summed E-state index contributed by atoms with van der Waals surface area (Å²) in [7, 11) is 1.86. The van der Waals surface area contributed by atoms with Gasteiger partial charge in [0.15, 0.2) is 0 Å². The van der Waals surface area contributed by atoms with Crippen molar-refractivity contribution in [1.29, 1.82) is 0 Å². The van der Waals surface area contributed by atoms with E-state index < -0.39 is 5.97 Å².